The van der Waals surface area contributed by atoms with E-state index < -0.39 is 0 Å². The molecular formula is C15H21N7O2. The number of hydrogen-bond donors (Lipinski definition) is 2. The number of amides is 2. The molecule has 0 aromatic carbocycles. The Morgan fingerprint density at radius 3 is 3.04 bits per heavy atom. The van der Waals surface area contributed by atoms with E-state index in [9.17, 15) is 4.79 Å². The SMILES string of the molecule is CN(C)c1noc(CNC(=O)N[C@@H]2CCN(c3ccccn3)C2)n1. The summed E-state index contributed by atoms with van der Waals surface area (Å²) in [6, 6.07) is 5.67. The minimum atomic E-state index is -0.243. The van der Waals surface area contributed by atoms with Crippen LogP contribution in [0.3, 0.4) is 0 Å². The van der Waals surface area contributed by atoms with E-state index in [1.807, 2.05) is 32.3 Å². The summed E-state index contributed by atoms with van der Waals surface area (Å²) >= 11 is 0. The maximum Gasteiger partial charge on any atom is 0.315 e. The molecule has 0 spiro atoms. The Balaban J connectivity index is 1.44. The number of hydrogen-bond acceptors (Lipinski definition) is 7. The van der Waals surface area contributed by atoms with Crippen LogP contribution in [0.1, 0.15) is 12.3 Å². The van der Waals surface area contributed by atoms with Gasteiger partial charge in [0.25, 0.3) is 5.95 Å². The average molecular weight is 331 g/mol. The van der Waals surface area contributed by atoms with Gasteiger partial charge in [0, 0.05) is 39.4 Å². The minimum absolute atomic E-state index is 0.0898. The lowest BCUT2D eigenvalue weighted by Crippen LogP contribution is -2.43. The van der Waals surface area contributed by atoms with E-state index in [1.165, 1.54) is 0 Å². The highest BCUT2D eigenvalue weighted by atomic mass is 16.5. The molecule has 0 saturated carbocycles. The van der Waals surface area contributed by atoms with Gasteiger partial charge in [-0.2, -0.15) is 4.98 Å². The van der Waals surface area contributed by atoms with Gasteiger partial charge in [-0.1, -0.05) is 6.07 Å². The third kappa shape index (κ3) is 3.92. The Labute approximate surface area is 140 Å². The summed E-state index contributed by atoms with van der Waals surface area (Å²) in [6.45, 7) is 1.82. The fourth-order valence-corrected chi connectivity index (χ4v) is 2.52. The number of carbonyl (C=O) groups is 1. The second-order valence-corrected chi connectivity index (χ2v) is 5.83. The number of anilines is 2. The number of rotatable bonds is 5. The van der Waals surface area contributed by atoms with E-state index in [2.05, 4.69) is 30.7 Å². The lowest BCUT2D eigenvalue weighted by molar-refractivity contribution is 0.235. The van der Waals surface area contributed by atoms with Crippen LogP contribution in [-0.2, 0) is 6.54 Å². The molecule has 0 radical (unpaired) electrons. The first-order valence-electron chi connectivity index (χ1n) is 7.82. The maximum atomic E-state index is 12.0. The molecule has 0 unspecified atom stereocenters. The number of urea groups is 1. The molecule has 9 heteroatoms. The van der Waals surface area contributed by atoms with Gasteiger partial charge < -0.3 is 25.0 Å². The summed E-state index contributed by atoms with van der Waals surface area (Å²) < 4.78 is 5.06. The topological polar surface area (TPSA) is 99.4 Å². The molecule has 2 aromatic heterocycles. The van der Waals surface area contributed by atoms with Gasteiger partial charge in [-0.25, -0.2) is 9.78 Å². The molecular weight excluding hydrogens is 310 g/mol. The third-order valence-corrected chi connectivity index (χ3v) is 3.75. The van der Waals surface area contributed by atoms with Crippen LogP contribution < -0.4 is 20.4 Å². The molecule has 2 N–H and O–H groups in total. The number of pyridine rings is 1. The summed E-state index contributed by atoms with van der Waals surface area (Å²) in [5.41, 5.74) is 0. The molecule has 2 aromatic rings. The molecule has 1 atom stereocenters. The van der Waals surface area contributed by atoms with E-state index in [4.69, 9.17) is 4.52 Å². The van der Waals surface area contributed by atoms with Gasteiger partial charge in [0.1, 0.15) is 5.82 Å². The van der Waals surface area contributed by atoms with Crippen molar-refractivity contribution in [3.05, 3.63) is 30.3 Å². The molecule has 2 amide bonds. The minimum Gasteiger partial charge on any atom is -0.354 e. The van der Waals surface area contributed by atoms with Gasteiger partial charge in [0.2, 0.25) is 5.89 Å². The van der Waals surface area contributed by atoms with Crippen LogP contribution in [0.4, 0.5) is 16.6 Å². The lowest BCUT2D eigenvalue weighted by atomic mass is 10.3. The molecule has 1 fully saturated rings. The van der Waals surface area contributed by atoms with Crippen LogP contribution in [0.5, 0.6) is 0 Å². The summed E-state index contributed by atoms with van der Waals surface area (Å²) in [5, 5.41) is 9.49. The fraction of sp³-hybridized carbons (Fsp3) is 0.467. The predicted octanol–water partition coefficient (Wildman–Crippen LogP) is 0.609. The molecule has 24 heavy (non-hydrogen) atoms. The van der Waals surface area contributed by atoms with Gasteiger partial charge in [-0.15, -0.1) is 0 Å². The van der Waals surface area contributed by atoms with Crippen LogP contribution in [-0.4, -0.2) is 54.4 Å². The quantitative estimate of drug-likeness (QED) is 0.828. The molecule has 9 nitrogen and oxygen atoms in total. The second kappa shape index (κ2) is 7.16. The molecule has 3 rings (SSSR count). The van der Waals surface area contributed by atoms with Crippen molar-refractivity contribution in [2.75, 3.05) is 37.0 Å². The van der Waals surface area contributed by atoms with Crippen LogP contribution in [0.15, 0.2) is 28.9 Å². The summed E-state index contributed by atoms with van der Waals surface area (Å²) in [5.74, 6) is 1.79. The van der Waals surface area contributed by atoms with Crippen molar-refractivity contribution in [1.82, 2.24) is 25.8 Å². The van der Waals surface area contributed by atoms with Crippen molar-refractivity contribution >= 4 is 17.8 Å². The third-order valence-electron chi connectivity index (χ3n) is 3.75. The number of nitrogens with zero attached hydrogens (tertiary/aromatic N) is 5. The Bertz CT molecular complexity index is 673. The number of carbonyl (C=O) groups excluding carboxylic acids is 1. The molecule has 1 aliphatic heterocycles. The van der Waals surface area contributed by atoms with Gasteiger partial charge in [-0.05, 0) is 23.7 Å². The van der Waals surface area contributed by atoms with E-state index in [0.29, 0.717) is 11.8 Å². The molecule has 3 heterocycles. The molecule has 0 aliphatic carbocycles. The predicted molar refractivity (Wildman–Crippen MR) is 88.9 cm³/mol. The fourth-order valence-electron chi connectivity index (χ4n) is 2.52. The van der Waals surface area contributed by atoms with Gasteiger partial charge >= 0.3 is 6.03 Å². The highest BCUT2D eigenvalue weighted by molar-refractivity contribution is 5.74. The number of nitrogens with one attached hydrogen (secondary N) is 2. The Kier molecular flexibility index (Phi) is 4.78. The van der Waals surface area contributed by atoms with Crippen molar-refractivity contribution in [3.8, 4) is 0 Å². The van der Waals surface area contributed by atoms with Crippen molar-refractivity contribution in [2.45, 2.75) is 19.0 Å². The van der Waals surface area contributed by atoms with Crippen molar-refractivity contribution in [3.63, 3.8) is 0 Å². The normalized spacial score (nSPS) is 16.9. The lowest BCUT2D eigenvalue weighted by Gasteiger charge is -2.17. The number of aromatic nitrogens is 3. The van der Waals surface area contributed by atoms with E-state index >= 15 is 0 Å². The van der Waals surface area contributed by atoms with Gasteiger partial charge in [0.05, 0.1) is 6.54 Å². The van der Waals surface area contributed by atoms with Crippen molar-refractivity contribution < 1.29 is 9.32 Å². The summed E-state index contributed by atoms with van der Waals surface area (Å²) in [7, 11) is 3.64. The van der Waals surface area contributed by atoms with Crippen LogP contribution in [0.25, 0.3) is 0 Å². The van der Waals surface area contributed by atoms with E-state index in [1.54, 1.807) is 11.1 Å². The largest absolute Gasteiger partial charge is 0.354 e. The van der Waals surface area contributed by atoms with Crippen LogP contribution in [0, 0.1) is 0 Å². The smallest absolute Gasteiger partial charge is 0.315 e. The maximum absolute atomic E-state index is 12.0. The van der Waals surface area contributed by atoms with Gasteiger partial charge in [-0.3, -0.25) is 0 Å². The second-order valence-electron chi connectivity index (χ2n) is 5.83. The van der Waals surface area contributed by atoms with Crippen molar-refractivity contribution in [1.29, 1.82) is 0 Å². The Hall–Kier alpha value is -2.84. The Morgan fingerprint density at radius 1 is 1.46 bits per heavy atom. The zero-order valence-corrected chi connectivity index (χ0v) is 13.8. The van der Waals surface area contributed by atoms with E-state index in [-0.39, 0.29) is 18.6 Å². The zero-order chi connectivity index (χ0) is 16.9. The molecule has 1 saturated heterocycles. The highest BCUT2D eigenvalue weighted by Gasteiger charge is 2.24. The molecule has 1 aliphatic rings. The Morgan fingerprint density at radius 2 is 2.33 bits per heavy atom. The average Bonchev–Trinajstić information content (AvgIpc) is 3.23. The highest BCUT2D eigenvalue weighted by Crippen LogP contribution is 2.17. The van der Waals surface area contributed by atoms with Crippen molar-refractivity contribution in [2.24, 2.45) is 0 Å². The summed E-state index contributed by atoms with van der Waals surface area (Å²) in [4.78, 5) is 24.4. The molecule has 0 bridgehead atoms. The van der Waals surface area contributed by atoms with Crippen LogP contribution in [0.2, 0.25) is 0 Å². The first-order valence-corrected chi connectivity index (χ1v) is 7.82. The van der Waals surface area contributed by atoms with Crippen LogP contribution >= 0.6 is 0 Å². The van der Waals surface area contributed by atoms with Gasteiger partial charge in [0.15, 0.2) is 0 Å². The summed E-state index contributed by atoms with van der Waals surface area (Å²) in [6.07, 6.45) is 2.66. The van der Waals surface area contributed by atoms with E-state index in [0.717, 1.165) is 25.3 Å². The first kappa shape index (κ1) is 16.0. The monoisotopic (exact) mass is 331 g/mol. The zero-order valence-electron chi connectivity index (χ0n) is 13.8. The first-order chi connectivity index (χ1) is 11.6. The molecule has 128 valence electrons. The standard InChI is InChI=1S/C15H21N7O2/c1-21(2)14-19-13(24-20-14)9-17-15(23)18-11-6-8-22(10-11)12-5-3-4-7-16-12/h3-5,7,11H,6,8-10H2,1-2H3,(H2,17,18,23)/t11-/m1/s1.